The first-order valence-corrected chi connectivity index (χ1v) is 6.23. The first-order chi connectivity index (χ1) is 7.95. The Morgan fingerprint density at radius 3 is 2.53 bits per heavy atom. The highest BCUT2D eigenvalue weighted by molar-refractivity contribution is 5.80. The van der Waals surface area contributed by atoms with Crippen molar-refractivity contribution in [3.05, 3.63) is 0 Å². The number of carbonyl (C=O) groups is 2. The van der Waals surface area contributed by atoms with E-state index in [4.69, 9.17) is 5.11 Å². The van der Waals surface area contributed by atoms with E-state index in [-0.39, 0.29) is 18.6 Å². The lowest BCUT2D eigenvalue weighted by Crippen LogP contribution is -2.47. The smallest absolute Gasteiger partial charge is 0.323 e. The molecule has 0 aromatic carbocycles. The largest absolute Gasteiger partial charge is 0.480 e. The second kappa shape index (κ2) is 5.89. The van der Waals surface area contributed by atoms with E-state index >= 15 is 0 Å². The fourth-order valence-corrected chi connectivity index (χ4v) is 2.14. The molecule has 0 saturated carbocycles. The summed E-state index contributed by atoms with van der Waals surface area (Å²) in [5.41, 5.74) is 0. The zero-order valence-corrected chi connectivity index (χ0v) is 10.8. The van der Waals surface area contributed by atoms with Gasteiger partial charge in [-0.05, 0) is 26.2 Å². The van der Waals surface area contributed by atoms with E-state index in [1.807, 2.05) is 13.8 Å². The van der Waals surface area contributed by atoms with Crippen molar-refractivity contribution in [1.29, 1.82) is 0 Å². The maximum Gasteiger partial charge on any atom is 0.323 e. The summed E-state index contributed by atoms with van der Waals surface area (Å²) in [7, 11) is 0. The molecular weight excluding hydrogens is 220 g/mol. The van der Waals surface area contributed by atoms with Gasteiger partial charge in [0.25, 0.3) is 0 Å². The topological polar surface area (TPSA) is 60.9 Å². The summed E-state index contributed by atoms with van der Waals surface area (Å²) in [4.78, 5) is 26.1. The Bertz CT molecular complexity index is 291. The van der Waals surface area contributed by atoms with Crippen molar-refractivity contribution in [3.63, 3.8) is 0 Å². The molecule has 1 unspecified atom stereocenters. The van der Waals surface area contributed by atoms with Gasteiger partial charge in [-0.3, -0.25) is 4.79 Å². The monoisotopic (exact) mass is 242 g/mol. The van der Waals surface area contributed by atoms with Crippen molar-refractivity contribution in [1.82, 2.24) is 9.80 Å². The number of carboxylic acids is 1. The first-order valence-electron chi connectivity index (χ1n) is 6.23. The molecule has 5 nitrogen and oxygen atoms in total. The van der Waals surface area contributed by atoms with E-state index in [1.54, 1.807) is 4.90 Å². The number of rotatable bonds is 4. The number of carboxylic acid groups (broad SMARTS) is 1. The van der Waals surface area contributed by atoms with E-state index in [0.29, 0.717) is 5.92 Å². The van der Waals surface area contributed by atoms with Crippen molar-refractivity contribution in [3.8, 4) is 0 Å². The molecule has 1 aliphatic rings. The number of urea groups is 1. The molecule has 1 saturated heterocycles. The highest BCUT2D eigenvalue weighted by Gasteiger charge is 2.30. The third-order valence-corrected chi connectivity index (χ3v) is 3.31. The van der Waals surface area contributed by atoms with Crippen LogP contribution in [0.15, 0.2) is 0 Å². The molecule has 1 N–H and O–H groups in total. The molecule has 1 rings (SSSR count). The van der Waals surface area contributed by atoms with Gasteiger partial charge in [0.1, 0.15) is 6.54 Å². The van der Waals surface area contributed by atoms with E-state index in [1.165, 1.54) is 4.90 Å². The minimum Gasteiger partial charge on any atom is -0.480 e. The molecule has 1 aliphatic heterocycles. The van der Waals surface area contributed by atoms with Crippen LogP contribution in [0.2, 0.25) is 0 Å². The van der Waals surface area contributed by atoms with Crippen molar-refractivity contribution >= 4 is 12.0 Å². The van der Waals surface area contributed by atoms with Crippen molar-refractivity contribution < 1.29 is 14.7 Å². The van der Waals surface area contributed by atoms with Crippen LogP contribution in [0.25, 0.3) is 0 Å². The lowest BCUT2D eigenvalue weighted by atomic mass is 10.1. The number of carbonyl (C=O) groups excluding carboxylic acids is 1. The standard InChI is InChI=1S/C12H22N2O3/c1-4-10-5-6-13(7-10)12(17)14(9(2)3)8-11(15)16/h9-10H,4-8H2,1-3H3,(H,15,16). The highest BCUT2D eigenvalue weighted by atomic mass is 16.4. The van der Waals surface area contributed by atoms with Crippen molar-refractivity contribution in [2.75, 3.05) is 19.6 Å². The highest BCUT2D eigenvalue weighted by Crippen LogP contribution is 2.20. The van der Waals surface area contributed by atoms with Crippen LogP contribution in [0.3, 0.4) is 0 Å². The summed E-state index contributed by atoms with van der Waals surface area (Å²) < 4.78 is 0. The summed E-state index contributed by atoms with van der Waals surface area (Å²) in [5, 5.41) is 8.81. The average Bonchev–Trinajstić information content (AvgIpc) is 2.72. The quantitative estimate of drug-likeness (QED) is 0.815. The lowest BCUT2D eigenvalue weighted by molar-refractivity contribution is -0.138. The molecule has 2 amide bonds. The number of hydrogen-bond acceptors (Lipinski definition) is 2. The molecule has 0 spiro atoms. The number of hydrogen-bond donors (Lipinski definition) is 1. The van der Waals surface area contributed by atoms with E-state index < -0.39 is 5.97 Å². The molecule has 0 radical (unpaired) electrons. The normalized spacial score (nSPS) is 19.8. The summed E-state index contributed by atoms with van der Waals surface area (Å²) in [6.45, 7) is 7.10. The van der Waals surface area contributed by atoms with Crippen LogP contribution < -0.4 is 0 Å². The molecule has 0 aromatic heterocycles. The predicted molar refractivity (Wildman–Crippen MR) is 64.8 cm³/mol. The molecule has 17 heavy (non-hydrogen) atoms. The first kappa shape index (κ1) is 13.8. The van der Waals surface area contributed by atoms with Gasteiger partial charge < -0.3 is 14.9 Å². The zero-order valence-electron chi connectivity index (χ0n) is 10.8. The second-order valence-electron chi connectivity index (χ2n) is 4.91. The molecule has 98 valence electrons. The Labute approximate surface area is 102 Å². The summed E-state index contributed by atoms with van der Waals surface area (Å²) >= 11 is 0. The summed E-state index contributed by atoms with van der Waals surface area (Å²) in [6.07, 6.45) is 2.10. The molecular formula is C12H22N2O3. The number of aliphatic carboxylic acids is 1. The third-order valence-electron chi connectivity index (χ3n) is 3.31. The van der Waals surface area contributed by atoms with Crippen LogP contribution in [0.5, 0.6) is 0 Å². The Hall–Kier alpha value is -1.26. The van der Waals surface area contributed by atoms with Crippen LogP contribution in [-0.4, -0.2) is 52.6 Å². The van der Waals surface area contributed by atoms with Crippen LogP contribution >= 0.6 is 0 Å². The van der Waals surface area contributed by atoms with Crippen LogP contribution in [0, 0.1) is 5.92 Å². The summed E-state index contributed by atoms with van der Waals surface area (Å²) in [6, 6.07) is -0.224. The van der Waals surface area contributed by atoms with Crippen LogP contribution in [0.1, 0.15) is 33.6 Å². The van der Waals surface area contributed by atoms with Crippen LogP contribution in [0.4, 0.5) is 4.79 Å². The van der Waals surface area contributed by atoms with Gasteiger partial charge in [-0.1, -0.05) is 13.3 Å². The minimum absolute atomic E-state index is 0.0840. The molecule has 0 bridgehead atoms. The zero-order chi connectivity index (χ0) is 13.0. The lowest BCUT2D eigenvalue weighted by Gasteiger charge is -2.29. The van der Waals surface area contributed by atoms with E-state index in [0.717, 1.165) is 25.9 Å². The Balaban J connectivity index is 2.62. The average molecular weight is 242 g/mol. The van der Waals surface area contributed by atoms with Gasteiger partial charge in [0, 0.05) is 19.1 Å². The number of nitrogens with zero attached hydrogens (tertiary/aromatic N) is 2. The molecule has 1 fully saturated rings. The second-order valence-corrected chi connectivity index (χ2v) is 4.91. The van der Waals surface area contributed by atoms with E-state index in [9.17, 15) is 9.59 Å². The predicted octanol–water partition coefficient (Wildman–Crippen LogP) is 1.63. The molecule has 5 heteroatoms. The fourth-order valence-electron chi connectivity index (χ4n) is 2.14. The van der Waals surface area contributed by atoms with Gasteiger partial charge in [0.15, 0.2) is 0 Å². The van der Waals surface area contributed by atoms with Gasteiger partial charge in [0.2, 0.25) is 0 Å². The maximum atomic E-state index is 12.2. The molecule has 0 aliphatic carbocycles. The van der Waals surface area contributed by atoms with Crippen molar-refractivity contribution in [2.45, 2.75) is 39.7 Å². The van der Waals surface area contributed by atoms with Gasteiger partial charge in [-0.2, -0.15) is 0 Å². The third kappa shape index (κ3) is 3.61. The van der Waals surface area contributed by atoms with Gasteiger partial charge in [-0.25, -0.2) is 4.79 Å². The molecule has 0 aromatic rings. The maximum absolute atomic E-state index is 12.2. The van der Waals surface area contributed by atoms with Crippen LogP contribution in [-0.2, 0) is 4.79 Å². The summed E-state index contributed by atoms with van der Waals surface area (Å²) in [5.74, 6) is -0.393. The van der Waals surface area contributed by atoms with Gasteiger partial charge >= 0.3 is 12.0 Å². The Morgan fingerprint density at radius 2 is 2.12 bits per heavy atom. The Morgan fingerprint density at radius 1 is 1.47 bits per heavy atom. The Kier molecular flexibility index (Phi) is 4.78. The van der Waals surface area contributed by atoms with Crippen molar-refractivity contribution in [2.24, 2.45) is 5.92 Å². The van der Waals surface area contributed by atoms with E-state index in [2.05, 4.69) is 6.92 Å². The van der Waals surface area contributed by atoms with Gasteiger partial charge in [-0.15, -0.1) is 0 Å². The number of amides is 2. The fraction of sp³-hybridized carbons (Fsp3) is 0.833. The molecule has 1 heterocycles. The SMILES string of the molecule is CCC1CCN(C(=O)N(CC(=O)O)C(C)C)C1. The van der Waals surface area contributed by atoms with Gasteiger partial charge in [0.05, 0.1) is 0 Å². The molecule has 1 atom stereocenters. The minimum atomic E-state index is -0.960. The number of likely N-dealkylation sites (tertiary alicyclic amines) is 1.